The fourth-order valence-electron chi connectivity index (χ4n) is 2.15. The number of anilines is 1. The van der Waals surface area contributed by atoms with Crippen molar-refractivity contribution in [2.75, 3.05) is 23.3 Å². The van der Waals surface area contributed by atoms with E-state index in [0.29, 0.717) is 0 Å². The van der Waals surface area contributed by atoms with E-state index in [2.05, 4.69) is 38.8 Å². The summed E-state index contributed by atoms with van der Waals surface area (Å²) in [5.74, 6) is 0.864. The highest BCUT2D eigenvalue weighted by Crippen LogP contribution is 2.25. The van der Waals surface area contributed by atoms with Crippen LogP contribution in [-0.2, 0) is 0 Å². The van der Waals surface area contributed by atoms with Gasteiger partial charge in [0, 0.05) is 36.5 Å². The van der Waals surface area contributed by atoms with Gasteiger partial charge in [0.25, 0.3) is 0 Å². The molecule has 1 saturated heterocycles. The SMILES string of the molecule is Cc1cnccc1N1CCC(CBr)CC1. The molecule has 0 unspecified atom stereocenters. The Morgan fingerprint density at radius 2 is 2.20 bits per heavy atom. The van der Waals surface area contributed by atoms with E-state index in [0.717, 1.165) is 11.2 Å². The largest absolute Gasteiger partial charge is 0.371 e. The van der Waals surface area contributed by atoms with E-state index >= 15 is 0 Å². The number of alkyl halides is 1. The van der Waals surface area contributed by atoms with Crippen molar-refractivity contribution in [1.29, 1.82) is 0 Å². The zero-order valence-electron chi connectivity index (χ0n) is 9.12. The Morgan fingerprint density at radius 3 is 2.80 bits per heavy atom. The topological polar surface area (TPSA) is 16.1 Å². The summed E-state index contributed by atoms with van der Waals surface area (Å²) in [4.78, 5) is 6.62. The van der Waals surface area contributed by atoms with Gasteiger partial charge >= 0.3 is 0 Å². The Morgan fingerprint density at radius 1 is 1.47 bits per heavy atom. The molecule has 0 aliphatic carbocycles. The second-order valence-electron chi connectivity index (χ2n) is 4.25. The Hall–Kier alpha value is -0.570. The third-order valence-electron chi connectivity index (χ3n) is 3.16. The number of nitrogens with zero attached hydrogens (tertiary/aromatic N) is 2. The molecule has 0 bridgehead atoms. The zero-order valence-corrected chi connectivity index (χ0v) is 10.7. The van der Waals surface area contributed by atoms with Gasteiger partial charge in [0.05, 0.1) is 0 Å². The summed E-state index contributed by atoms with van der Waals surface area (Å²) in [5, 5.41) is 1.15. The molecule has 0 amide bonds. The first-order valence-electron chi connectivity index (χ1n) is 5.53. The average Bonchev–Trinajstić information content (AvgIpc) is 2.30. The van der Waals surface area contributed by atoms with Crippen molar-refractivity contribution >= 4 is 21.6 Å². The van der Waals surface area contributed by atoms with E-state index in [-0.39, 0.29) is 0 Å². The lowest BCUT2D eigenvalue weighted by Gasteiger charge is -2.33. The minimum atomic E-state index is 0.864. The van der Waals surface area contributed by atoms with Crippen LogP contribution in [0.5, 0.6) is 0 Å². The summed E-state index contributed by atoms with van der Waals surface area (Å²) in [6, 6.07) is 2.13. The van der Waals surface area contributed by atoms with Crippen LogP contribution in [0.4, 0.5) is 5.69 Å². The molecule has 15 heavy (non-hydrogen) atoms. The normalized spacial score (nSPS) is 18.1. The van der Waals surface area contributed by atoms with Gasteiger partial charge in [-0.1, -0.05) is 15.9 Å². The molecule has 2 nitrogen and oxygen atoms in total. The lowest BCUT2D eigenvalue weighted by molar-refractivity contribution is 0.447. The second kappa shape index (κ2) is 4.97. The lowest BCUT2D eigenvalue weighted by atomic mass is 9.98. The van der Waals surface area contributed by atoms with E-state index in [9.17, 15) is 0 Å². The molecule has 1 fully saturated rings. The first-order chi connectivity index (χ1) is 7.31. The van der Waals surface area contributed by atoms with E-state index in [4.69, 9.17) is 0 Å². The molecule has 2 rings (SSSR count). The standard InChI is InChI=1S/C12H17BrN2/c1-10-9-14-5-2-12(10)15-6-3-11(8-13)4-7-15/h2,5,9,11H,3-4,6-8H2,1H3. The number of rotatable bonds is 2. The monoisotopic (exact) mass is 268 g/mol. The average molecular weight is 269 g/mol. The number of hydrogen-bond donors (Lipinski definition) is 0. The minimum Gasteiger partial charge on any atom is -0.371 e. The van der Waals surface area contributed by atoms with E-state index in [1.54, 1.807) is 0 Å². The van der Waals surface area contributed by atoms with E-state index in [1.807, 2.05) is 12.4 Å². The lowest BCUT2D eigenvalue weighted by Crippen LogP contribution is -2.34. The van der Waals surface area contributed by atoms with Crippen molar-refractivity contribution in [1.82, 2.24) is 4.98 Å². The predicted octanol–water partition coefficient (Wildman–Crippen LogP) is 3.00. The number of aromatic nitrogens is 1. The Kier molecular flexibility index (Phi) is 3.62. The maximum Gasteiger partial charge on any atom is 0.0426 e. The molecule has 1 aliphatic heterocycles. The molecule has 1 aliphatic rings. The van der Waals surface area contributed by atoms with Crippen LogP contribution in [0.25, 0.3) is 0 Å². The smallest absolute Gasteiger partial charge is 0.0426 e. The summed E-state index contributed by atoms with van der Waals surface area (Å²) in [6.45, 7) is 4.50. The first-order valence-corrected chi connectivity index (χ1v) is 6.65. The number of hydrogen-bond acceptors (Lipinski definition) is 2. The molecule has 0 saturated carbocycles. The number of piperidine rings is 1. The number of pyridine rings is 1. The molecular weight excluding hydrogens is 252 g/mol. The van der Waals surface area contributed by atoms with Crippen LogP contribution in [0.2, 0.25) is 0 Å². The van der Waals surface area contributed by atoms with Crippen LogP contribution in [-0.4, -0.2) is 23.4 Å². The fraction of sp³-hybridized carbons (Fsp3) is 0.583. The quantitative estimate of drug-likeness (QED) is 0.767. The Labute approximate surface area is 99.8 Å². The maximum atomic E-state index is 4.14. The van der Waals surface area contributed by atoms with Crippen molar-refractivity contribution < 1.29 is 0 Å². The predicted molar refractivity (Wildman–Crippen MR) is 67.7 cm³/mol. The summed E-state index contributed by atoms with van der Waals surface area (Å²) in [6.07, 6.45) is 6.44. The van der Waals surface area contributed by atoms with Crippen molar-refractivity contribution in [3.63, 3.8) is 0 Å². The second-order valence-corrected chi connectivity index (χ2v) is 4.89. The molecule has 0 atom stereocenters. The van der Waals surface area contributed by atoms with E-state index in [1.165, 1.54) is 37.2 Å². The molecule has 1 aromatic rings. The molecule has 0 N–H and O–H groups in total. The maximum absolute atomic E-state index is 4.14. The van der Waals surface area contributed by atoms with Crippen molar-refractivity contribution in [3.8, 4) is 0 Å². The summed E-state index contributed by atoms with van der Waals surface area (Å²) in [5.41, 5.74) is 2.65. The van der Waals surface area contributed by atoms with Gasteiger partial charge in [-0.3, -0.25) is 4.98 Å². The Bertz CT molecular complexity index is 319. The van der Waals surface area contributed by atoms with Crippen molar-refractivity contribution in [3.05, 3.63) is 24.0 Å². The third kappa shape index (κ3) is 2.51. The molecule has 2 heterocycles. The van der Waals surface area contributed by atoms with Crippen LogP contribution >= 0.6 is 15.9 Å². The molecule has 1 aromatic heterocycles. The third-order valence-corrected chi connectivity index (χ3v) is 4.08. The number of halogens is 1. The molecule has 82 valence electrons. The van der Waals surface area contributed by atoms with Gasteiger partial charge in [0.1, 0.15) is 0 Å². The van der Waals surface area contributed by atoms with Gasteiger partial charge in [-0.15, -0.1) is 0 Å². The van der Waals surface area contributed by atoms with Gasteiger partial charge in [-0.25, -0.2) is 0 Å². The summed E-state index contributed by atoms with van der Waals surface area (Å²) >= 11 is 3.57. The minimum absolute atomic E-state index is 0.864. The van der Waals surface area contributed by atoms with Crippen LogP contribution in [0.1, 0.15) is 18.4 Å². The van der Waals surface area contributed by atoms with Gasteiger partial charge in [-0.05, 0) is 37.3 Å². The van der Waals surface area contributed by atoms with Crippen LogP contribution in [0.15, 0.2) is 18.5 Å². The highest BCUT2D eigenvalue weighted by Gasteiger charge is 2.19. The van der Waals surface area contributed by atoms with Gasteiger partial charge in [0.2, 0.25) is 0 Å². The molecule has 0 spiro atoms. The van der Waals surface area contributed by atoms with Gasteiger partial charge in [0.15, 0.2) is 0 Å². The highest BCUT2D eigenvalue weighted by atomic mass is 79.9. The highest BCUT2D eigenvalue weighted by molar-refractivity contribution is 9.09. The van der Waals surface area contributed by atoms with Gasteiger partial charge in [-0.2, -0.15) is 0 Å². The van der Waals surface area contributed by atoms with Gasteiger partial charge < -0.3 is 4.90 Å². The summed E-state index contributed by atoms with van der Waals surface area (Å²) in [7, 11) is 0. The molecule has 0 aromatic carbocycles. The van der Waals surface area contributed by atoms with Crippen LogP contribution in [0, 0.1) is 12.8 Å². The number of aryl methyl sites for hydroxylation is 1. The van der Waals surface area contributed by atoms with Crippen LogP contribution < -0.4 is 4.90 Å². The van der Waals surface area contributed by atoms with Crippen molar-refractivity contribution in [2.45, 2.75) is 19.8 Å². The molecule has 3 heteroatoms. The zero-order chi connectivity index (χ0) is 10.7. The first kappa shape index (κ1) is 10.9. The van der Waals surface area contributed by atoms with E-state index < -0.39 is 0 Å². The molecule has 0 radical (unpaired) electrons. The molecular formula is C12H17BrN2. The van der Waals surface area contributed by atoms with Crippen molar-refractivity contribution in [2.24, 2.45) is 5.92 Å². The fourth-order valence-corrected chi connectivity index (χ4v) is 2.80. The Balaban J connectivity index is 2.04. The van der Waals surface area contributed by atoms with Crippen LogP contribution in [0.3, 0.4) is 0 Å². The summed E-state index contributed by atoms with van der Waals surface area (Å²) < 4.78 is 0.